The second-order valence-corrected chi connectivity index (χ2v) is 11.2. The largest absolute Gasteiger partial charge is 0.372 e. The summed E-state index contributed by atoms with van der Waals surface area (Å²) in [7, 11) is 0. The topological polar surface area (TPSA) is 18.5 Å². The predicted molar refractivity (Wildman–Crippen MR) is 140 cm³/mol. The van der Waals surface area contributed by atoms with E-state index in [2.05, 4.69) is 99.6 Å². The molecule has 0 spiro atoms. The third-order valence-corrected chi connectivity index (χ3v) is 7.50. The first-order chi connectivity index (χ1) is 16.4. The molecule has 178 valence electrons. The summed E-state index contributed by atoms with van der Waals surface area (Å²) in [6.45, 7) is 6.80. The Morgan fingerprint density at radius 2 is 1.06 bits per heavy atom. The fourth-order valence-electron chi connectivity index (χ4n) is 5.44. The van der Waals surface area contributed by atoms with Crippen molar-refractivity contribution in [3.8, 4) is 11.1 Å². The number of hydrogen-bond donors (Lipinski definition) is 0. The van der Waals surface area contributed by atoms with E-state index in [1.165, 1.54) is 27.8 Å². The van der Waals surface area contributed by atoms with Crippen molar-refractivity contribution in [2.45, 2.75) is 89.1 Å². The van der Waals surface area contributed by atoms with Crippen LogP contribution in [-0.2, 0) is 27.7 Å². The van der Waals surface area contributed by atoms with Crippen LogP contribution < -0.4 is 0 Å². The van der Waals surface area contributed by atoms with Gasteiger partial charge >= 0.3 is 0 Å². The zero-order valence-corrected chi connectivity index (χ0v) is 20.9. The van der Waals surface area contributed by atoms with Gasteiger partial charge in [0.1, 0.15) is 0 Å². The lowest BCUT2D eigenvalue weighted by atomic mass is 9.86. The van der Waals surface area contributed by atoms with Gasteiger partial charge in [0.2, 0.25) is 0 Å². The van der Waals surface area contributed by atoms with Crippen LogP contribution in [0.5, 0.6) is 0 Å². The third-order valence-electron chi connectivity index (χ3n) is 7.50. The predicted octanol–water partition coefficient (Wildman–Crippen LogP) is 7.53. The zero-order chi connectivity index (χ0) is 23.5. The normalized spacial score (nSPS) is 25.0. The van der Waals surface area contributed by atoms with Crippen LogP contribution in [0.25, 0.3) is 11.1 Å². The van der Waals surface area contributed by atoms with Crippen LogP contribution in [0.2, 0.25) is 0 Å². The fraction of sp³-hybridized carbons (Fsp3) is 0.438. The molecule has 0 radical (unpaired) electrons. The molecule has 2 heteroatoms. The molecule has 2 fully saturated rings. The molecule has 3 aromatic carbocycles. The van der Waals surface area contributed by atoms with E-state index in [4.69, 9.17) is 9.47 Å². The maximum absolute atomic E-state index is 6.49. The summed E-state index contributed by atoms with van der Waals surface area (Å²) in [4.78, 5) is 0. The summed E-state index contributed by atoms with van der Waals surface area (Å²) in [5, 5.41) is 0. The second kappa shape index (κ2) is 10.1. The highest BCUT2D eigenvalue weighted by Crippen LogP contribution is 2.34. The first-order valence-corrected chi connectivity index (χ1v) is 13.0. The molecule has 0 aliphatic carbocycles. The van der Waals surface area contributed by atoms with Crippen molar-refractivity contribution >= 4 is 0 Å². The van der Waals surface area contributed by atoms with Crippen LogP contribution in [0.3, 0.4) is 0 Å². The highest BCUT2D eigenvalue weighted by Gasteiger charge is 2.37. The molecule has 0 bridgehead atoms. The van der Waals surface area contributed by atoms with E-state index in [0.717, 1.165) is 38.5 Å². The molecule has 2 nitrogen and oxygen atoms in total. The van der Waals surface area contributed by atoms with Gasteiger partial charge in [-0.3, -0.25) is 0 Å². The molecule has 0 unspecified atom stereocenters. The van der Waals surface area contributed by atoms with E-state index in [1.807, 2.05) is 0 Å². The van der Waals surface area contributed by atoms with Gasteiger partial charge in [-0.05, 0) is 71.8 Å². The molecule has 2 aliphatic heterocycles. The van der Waals surface area contributed by atoms with Crippen molar-refractivity contribution in [3.63, 3.8) is 0 Å². The molecule has 34 heavy (non-hydrogen) atoms. The van der Waals surface area contributed by atoms with Gasteiger partial charge in [0.05, 0.1) is 24.4 Å². The maximum Gasteiger partial charge on any atom is 0.0841 e. The maximum atomic E-state index is 6.49. The molecule has 4 atom stereocenters. The van der Waals surface area contributed by atoms with Gasteiger partial charge in [0.15, 0.2) is 0 Å². The van der Waals surface area contributed by atoms with E-state index >= 15 is 0 Å². The molecule has 0 aromatic heterocycles. The number of benzene rings is 3. The highest BCUT2D eigenvalue weighted by atomic mass is 16.6. The van der Waals surface area contributed by atoms with E-state index < -0.39 is 0 Å². The Kier molecular flexibility index (Phi) is 6.90. The Morgan fingerprint density at radius 1 is 0.588 bits per heavy atom. The molecular formula is C32H38O2. The molecular weight excluding hydrogens is 416 g/mol. The van der Waals surface area contributed by atoms with E-state index in [9.17, 15) is 0 Å². The summed E-state index contributed by atoms with van der Waals surface area (Å²) in [6.07, 6.45) is 7.62. The van der Waals surface area contributed by atoms with E-state index in [1.54, 1.807) is 0 Å². The Balaban J connectivity index is 1.10. The molecule has 2 saturated heterocycles. The Hall–Kier alpha value is -2.42. The summed E-state index contributed by atoms with van der Waals surface area (Å²) in [5.74, 6) is 0. The second-order valence-electron chi connectivity index (χ2n) is 11.2. The molecule has 0 N–H and O–H groups in total. The lowest BCUT2D eigenvalue weighted by Crippen LogP contribution is -2.27. The average molecular weight is 455 g/mol. The van der Waals surface area contributed by atoms with Crippen molar-refractivity contribution in [1.29, 1.82) is 0 Å². The van der Waals surface area contributed by atoms with Crippen molar-refractivity contribution in [2.75, 3.05) is 0 Å². The smallest absolute Gasteiger partial charge is 0.0841 e. The Bertz CT molecular complexity index is 1050. The van der Waals surface area contributed by atoms with Gasteiger partial charge in [-0.2, -0.15) is 0 Å². The zero-order valence-electron chi connectivity index (χ0n) is 20.9. The van der Waals surface area contributed by atoms with Gasteiger partial charge < -0.3 is 9.47 Å². The van der Waals surface area contributed by atoms with Crippen molar-refractivity contribution in [3.05, 3.63) is 95.6 Å². The molecule has 2 heterocycles. The lowest BCUT2D eigenvalue weighted by molar-refractivity contribution is -0.0642. The van der Waals surface area contributed by atoms with Crippen LogP contribution in [0.4, 0.5) is 0 Å². The van der Waals surface area contributed by atoms with Crippen LogP contribution in [-0.4, -0.2) is 24.4 Å². The van der Waals surface area contributed by atoms with Crippen LogP contribution in [0.15, 0.2) is 78.9 Å². The molecule has 0 amide bonds. The fourth-order valence-corrected chi connectivity index (χ4v) is 5.44. The Morgan fingerprint density at radius 3 is 1.56 bits per heavy atom. The van der Waals surface area contributed by atoms with E-state index in [-0.39, 0.29) is 17.6 Å². The minimum atomic E-state index is 0.202. The standard InChI is InChI=1S/C32H38O2/c1-32(2,3)27-15-11-24(12-16-27)22-29-18-20-31(34-29)30-19-17-28(33-30)21-23-9-13-26(14-10-23)25-7-5-4-6-8-25/h4-16,28-31H,17-22H2,1-3H3/t28-,29-,30-,31-/m1/s1. The van der Waals surface area contributed by atoms with Gasteiger partial charge in [-0.25, -0.2) is 0 Å². The van der Waals surface area contributed by atoms with Gasteiger partial charge in [-0.1, -0.05) is 99.6 Å². The molecule has 3 aromatic rings. The Labute approximate surface area is 205 Å². The highest BCUT2D eigenvalue weighted by molar-refractivity contribution is 5.63. The lowest BCUT2D eigenvalue weighted by Gasteiger charge is -2.21. The van der Waals surface area contributed by atoms with Gasteiger partial charge in [-0.15, -0.1) is 0 Å². The summed E-state index contributed by atoms with van der Waals surface area (Å²) in [6, 6.07) is 28.7. The number of hydrogen-bond acceptors (Lipinski definition) is 2. The summed E-state index contributed by atoms with van der Waals surface area (Å²) < 4.78 is 13.0. The minimum absolute atomic E-state index is 0.202. The first kappa shape index (κ1) is 23.3. The summed E-state index contributed by atoms with van der Waals surface area (Å²) in [5.41, 5.74) is 6.87. The monoisotopic (exact) mass is 454 g/mol. The van der Waals surface area contributed by atoms with Crippen LogP contribution in [0, 0.1) is 0 Å². The average Bonchev–Trinajstić information content (AvgIpc) is 3.50. The van der Waals surface area contributed by atoms with Gasteiger partial charge in [0.25, 0.3) is 0 Å². The molecule has 2 aliphatic rings. The minimum Gasteiger partial charge on any atom is -0.372 e. The number of ether oxygens (including phenoxy) is 2. The van der Waals surface area contributed by atoms with Crippen LogP contribution in [0.1, 0.15) is 63.1 Å². The van der Waals surface area contributed by atoms with Crippen molar-refractivity contribution < 1.29 is 9.47 Å². The molecule has 5 rings (SSSR count). The summed E-state index contributed by atoms with van der Waals surface area (Å²) >= 11 is 0. The van der Waals surface area contributed by atoms with Crippen molar-refractivity contribution in [2.24, 2.45) is 0 Å². The van der Waals surface area contributed by atoms with E-state index in [0.29, 0.717) is 12.2 Å². The quantitative estimate of drug-likeness (QED) is 0.383. The number of rotatable bonds is 6. The third kappa shape index (κ3) is 5.62. The first-order valence-electron chi connectivity index (χ1n) is 13.0. The SMILES string of the molecule is CC(C)(C)c1ccc(C[C@H]2CC[C@H]([C@H]3CC[C@H](Cc4ccc(-c5ccccc5)cc4)O3)O2)cc1. The van der Waals surface area contributed by atoms with Gasteiger partial charge in [0, 0.05) is 0 Å². The van der Waals surface area contributed by atoms with Crippen LogP contribution >= 0.6 is 0 Å². The molecule has 0 saturated carbocycles. The van der Waals surface area contributed by atoms with Crippen molar-refractivity contribution in [1.82, 2.24) is 0 Å².